The van der Waals surface area contributed by atoms with Crippen LogP contribution in [0.3, 0.4) is 0 Å². The molecule has 134 valence electrons. The number of carbonyl (C=O) groups excluding carboxylic acids is 3. The maximum absolute atomic E-state index is 12.5. The Morgan fingerprint density at radius 3 is 2.72 bits per heavy atom. The SMILES string of the molecule is COc1ccc(NC(=O)N2CCC(N3C(=O)CNC3=O)C2)c(OC)c1. The number of hydrogen-bond acceptors (Lipinski definition) is 5. The summed E-state index contributed by atoms with van der Waals surface area (Å²) in [5, 5.41) is 5.29. The van der Waals surface area contributed by atoms with Crippen LogP contribution in [0, 0.1) is 0 Å². The molecule has 0 bridgehead atoms. The number of urea groups is 2. The van der Waals surface area contributed by atoms with Gasteiger partial charge in [-0.15, -0.1) is 0 Å². The van der Waals surface area contributed by atoms with Crippen LogP contribution in [-0.2, 0) is 4.79 Å². The molecule has 1 unspecified atom stereocenters. The second-order valence-corrected chi connectivity index (χ2v) is 5.81. The molecule has 0 aromatic heterocycles. The first-order chi connectivity index (χ1) is 12.0. The van der Waals surface area contributed by atoms with Gasteiger partial charge in [-0.2, -0.15) is 0 Å². The fraction of sp³-hybridized carbons (Fsp3) is 0.438. The minimum absolute atomic E-state index is 0.0184. The van der Waals surface area contributed by atoms with Crippen molar-refractivity contribution in [1.29, 1.82) is 0 Å². The Bertz CT molecular complexity index is 692. The van der Waals surface area contributed by atoms with E-state index in [4.69, 9.17) is 9.47 Å². The highest BCUT2D eigenvalue weighted by Gasteiger charge is 2.39. The van der Waals surface area contributed by atoms with Gasteiger partial charge in [0.25, 0.3) is 0 Å². The van der Waals surface area contributed by atoms with Gasteiger partial charge < -0.3 is 25.0 Å². The third-order valence-electron chi connectivity index (χ3n) is 4.34. The van der Waals surface area contributed by atoms with E-state index in [-0.39, 0.29) is 24.5 Å². The average Bonchev–Trinajstić information content (AvgIpc) is 3.21. The van der Waals surface area contributed by atoms with E-state index in [0.29, 0.717) is 36.7 Å². The molecule has 2 fully saturated rings. The van der Waals surface area contributed by atoms with E-state index >= 15 is 0 Å². The lowest BCUT2D eigenvalue weighted by Crippen LogP contribution is -2.43. The molecular weight excluding hydrogens is 328 g/mol. The molecule has 25 heavy (non-hydrogen) atoms. The maximum Gasteiger partial charge on any atom is 0.324 e. The lowest BCUT2D eigenvalue weighted by Gasteiger charge is -2.22. The minimum atomic E-state index is -0.394. The number of nitrogens with one attached hydrogen (secondary N) is 2. The third-order valence-corrected chi connectivity index (χ3v) is 4.34. The topological polar surface area (TPSA) is 100 Å². The standard InChI is InChI=1S/C16H20N4O5/c1-24-11-3-4-12(13(7-11)25-2)18-16(23)19-6-5-10(9-19)20-14(21)8-17-15(20)22/h3-4,7,10H,5-6,8-9H2,1-2H3,(H,17,22)(H,18,23). The Kier molecular flexibility index (Phi) is 4.64. The number of ether oxygens (including phenoxy) is 2. The van der Waals surface area contributed by atoms with E-state index in [1.807, 2.05) is 0 Å². The van der Waals surface area contributed by atoms with Gasteiger partial charge in [0.2, 0.25) is 5.91 Å². The van der Waals surface area contributed by atoms with Gasteiger partial charge >= 0.3 is 12.1 Å². The van der Waals surface area contributed by atoms with Crippen molar-refractivity contribution >= 4 is 23.7 Å². The van der Waals surface area contributed by atoms with Gasteiger partial charge in [0, 0.05) is 19.2 Å². The number of likely N-dealkylation sites (tertiary alicyclic amines) is 1. The highest BCUT2D eigenvalue weighted by molar-refractivity contribution is 6.02. The van der Waals surface area contributed by atoms with Crippen molar-refractivity contribution in [3.63, 3.8) is 0 Å². The number of imide groups is 1. The number of benzene rings is 1. The maximum atomic E-state index is 12.5. The lowest BCUT2D eigenvalue weighted by molar-refractivity contribution is -0.126. The quantitative estimate of drug-likeness (QED) is 0.786. The monoisotopic (exact) mass is 348 g/mol. The van der Waals surface area contributed by atoms with Gasteiger partial charge in [0.05, 0.1) is 32.5 Å². The van der Waals surface area contributed by atoms with Crippen molar-refractivity contribution in [3.8, 4) is 11.5 Å². The van der Waals surface area contributed by atoms with Crippen molar-refractivity contribution in [1.82, 2.24) is 15.1 Å². The van der Waals surface area contributed by atoms with Crippen LogP contribution >= 0.6 is 0 Å². The molecule has 3 rings (SSSR count). The number of methoxy groups -OCH3 is 2. The van der Waals surface area contributed by atoms with E-state index in [1.54, 1.807) is 30.2 Å². The second-order valence-electron chi connectivity index (χ2n) is 5.81. The summed E-state index contributed by atoms with van der Waals surface area (Å²) in [7, 11) is 3.06. The molecule has 0 saturated carbocycles. The van der Waals surface area contributed by atoms with Crippen LogP contribution in [0.5, 0.6) is 11.5 Å². The molecule has 1 aromatic carbocycles. The van der Waals surface area contributed by atoms with E-state index in [9.17, 15) is 14.4 Å². The lowest BCUT2D eigenvalue weighted by atomic mass is 10.2. The first kappa shape index (κ1) is 16.9. The minimum Gasteiger partial charge on any atom is -0.497 e. The summed E-state index contributed by atoms with van der Waals surface area (Å²) in [5.41, 5.74) is 0.520. The van der Waals surface area contributed by atoms with Crippen LogP contribution in [0.4, 0.5) is 15.3 Å². The molecule has 0 aliphatic carbocycles. The molecule has 9 nitrogen and oxygen atoms in total. The van der Waals surface area contributed by atoms with Crippen molar-refractivity contribution in [2.75, 3.05) is 39.2 Å². The summed E-state index contributed by atoms with van der Waals surface area (Å²) >= 11 is 0. The Hall–Kier alpha value is -2.97. The zero-order valence-electron chi connectivity index (χ0n) is 14.1. The highest BCUT2D eigenvalue weighted by Crippen LogP contribution is 2.29. The first-order valence-corrected chi connectivity index (χ1v) is 7.91. The molecule has 2 heterocycles. The molecule has 2 N–H and O–H groups in total. The van der Waals surface area contributed by atoms with E-state index in [1.165, 1.54) is 12.0 Å². The zero-order chi connectivity index (χ0) is 18.0. The van der Waals surface area contributed by atoms with Gasteiger partial charge in [0.1, 0.15) is 11.5 Å². The molecule has 2 aliphatic rings. The summed E-state index contributed by atoms with van der Waals surface area (Å²) < 4.78 is 10.4. The molecule has 2 aliphatic heterocycles. The number of nitrogens with zero attached hydrogens (tertiary/aromatic N) is 2. The third kappa shape index (κ3) is 3.30. The van der Waals surface area contributed by atoms with Crippen molar-refractivity contribution in [2.45, 2.75) is 12.5 Å². The second kappa shape index (κ2) is 6.88. The van der Waals surface area contributed by atoms with Gasteiger partial charge in [0.15, 0.2) is 0 Å². The molecular formula is C16H20N4O5. The number of amides is 5. The van der Waals surface area contributed by atoms with Gasteiger partial charge in [-0.25, -0.2) is 9.59 Å². The summed E-state index contributed by atoms with van der Waals surface area (Å²) in [6, 6.07) is 4.10. The van der Waals surface area contributed by atoms with E-state index < -0.39 is 6.03 Å². The summed E-state index contributed by atoms with van der Waals surface area (Å²) in [4.78, 5) is 38.8. The van der Waals surface area contributed by atoms with Crippen LogP contribution in [-0.4, -0.2) is 67.7 Å². The molecule has 9 heteroatoms. The van der Waals surface area contributed by atoms with Crippen LogP contribution in [0.25, 0.3) is 0 Å². The van der Waals surface area contributed by atoms with E-state index in [0.717, 1.165) is 0 Å². The van der Waals surface area contributed by atoms with E-state index in [2.05, 4.69) is 10.6 Å². The summed E-state index contributed by atoms with van der Waals surface area (Å²) in [6.45, 7) is 0.792. The van der Waals surface area contributed by atoms with Crippen LogP contribution in [0.1, 0.15) is 6.42 Å². The Labute approximate surface area is 144 Å². The molecule has 5 amide bonds. The van der Waals surface area contributed by atoms with Crippen molar-refractivity contribution < 1.29 is 23.9 Å². The van der Waals surface area contributed by atoms with Crippen LogP contribution in [0.2, 0.25) is 0 Å². The smallest absolute Gasteiger partial charge is 0.324 e. The predicted molar refractivity (Wildman–Crippen MR) is 88.8 cm³/mol. The number of rotatable bonds is 4. The van der Waals surface area contributed by atoms with Crippen LogP contribution < -0.4 is 20.1 Å². The molecule has 1 atom stereocenters. The van der Waals surface area contributed by atoms with Crippen molar-refractivity contribution in [2.24, 2.45) is 0 Å². The molecule has 0 spiro atoms. The number of hydrogen-bond donors (Lipinski definition) is 2. The van der Waals surface area contributed by atoms with Gasteiger partial charge in [-0.05, 0) is 18.6 Å². The zero-order valence-corrected chi connectivity index (χ0v) is 14.1. The molecule has 2 saturated heterocycles. The fourth-order valence-electron chi connectivity index (χ4n) is 3.04. The number of anilines is 1. The summed E-state index contributed by atoms with van der Waals surface area (Å²) in [6.07, 6.45) is 0.562. The normalized spacial score (nSPS) is 19.8. The Morgan fingerprint density at radius 2 is 2.08 bits per heavy atom. The molecule has 1 aromatic rings. The van der Waals surface area contributed by atoms with Crippen molar-refractivity contribution in [3.05, 3.63) is 18.2 Å². The fourth-order valence-corrected chi connectivity index (χ4v) is 3.04. The average molecular weight is 348 g/mol. The predicted octanol–water partition coefficient (Wildman–Crippen LogP) is 0.862. The van der Waals surface area contributed by atoms with Gasteiger partial charge in [-0.3, -0.25) is 9.69 Å². The highest BCUT2D eigenvalue weighted by atomic mass is 16.5. The van der Waals surface area contributed by atoms with Gasteiger partial charge in [-0.1, -0.05) is 0 Å². The largest absolute Gasteiger partial charge is 0.497 e. The Morgan fingerprint density at radius 1 is 1.28 bits per heavy atom. The Balaban J connectivity index is 1.65. The molecule has 0 radical (unpaired) electrons. The first-order valence-electron chi connectivity index (χ1n) is 7.91. The summed E-state index contributed by atoms with van der Waals surface area (Å²) in [5.74, 6) is 0.848. The van der Waals surface area contributed by atoms with Crippen LogP contribution in [0.15, 0.2) is 18.2 Å². The number of carbonyl (C=O) groups is 3.